The molecule has 49 heavy (non-hydrogen) atoms. The van der Waals surface area contributed by atoms with Crippen LogP contribution in [-0.2, 0) is 36.9 Å². The maximum atomic E-state index is 14.3. The lowest BCUT2D eigenvalue weighted by atomic mass is 9.93. The Kier molecular flexibility index (Phi) is 16.3. The number of hydrogen-bond donors (Lipinski definition) is 3. The van der Waals surface area contributed by atoms with Crippen LogP contribution in [0.4, 0.5) is 0 Å². The Morgan fingerprint density at radius 3 is 2.00 bits per heavy atom. The zero-order valence-electron chi connectivity index (χ0n) is 30.2. The van der Waals surface area contributed by atoms with Crippen LogP contribution < -0.4 is 16.0 Å². The number of fused-ring (bicyclic) bond motifs is 1. The van der Waals surface area contributed by atoms with Crippen LogP contribution in [0, 0.1) is 11.8 Å². The monoisotopic (exact) mass is 671 g/mol. The van der Waals surface area contributed by atoms with Crippen LogP contribution in [0.5, 0.6) is 0 Å². The van der Waals surface area contributed by atoms with Crippen molar-refractivity contribution in [1.82, 2.24) is 16.0 Å². The first-order chi connectivity index (χ1) is 23.5. The molecule has 0 aromatic heterocycles. The lowest BCUT2D eigenvalue weighted by Crippen LogP contribution is -2.70. The summed E-state index contributed by atoms with van der Waals surface area (Å²) in [5.74, 6) is -2.29. The number of amides is 3. The summed E-state index contributed by atoms with van der Waals surface area (Å²) < 4.78 is 5.60. The number of benzene rings is 3. The van der Waals surface area contributed by atoms with E-state index in [2.05, 4.69) is 22.9 Å². The van der Waals surface area contributed by atoms with Crippen LogP contribution in [0.2, 0.25) is 0 Å². The van der Waals surface area contributed by atoms with Gasteiger partial charge in [-0.3, -0.25) is 14.4 Å². The maximum absolute atomic E-state index is 14.3. The van der Waals surface area contributed by atoms with Crippen LogP contribution in [-0.4, -0.2) is 35.4 Å². The van der Waals surface area contributed by atoms with Gasteiger partial charge in [-0.2, -0.15) is 0 Å². The highest BCUT2D eigenvalue weighted by atomic mass is 16.5. The molecule has 0 saturated carbocycles. The third-order valence-electron chi connectivity index (χ3n) is 8.75. The number of unbranched alkanes of at least 4 members (excludes halogenated alkanes) is 6. The molecule has 0 unspecified atom stereocenters. The average molecular weight is 672 g/mol. The van der Waals surface area contributed by atoms with Crippen molar-refractivity contribution in [2.24, 2.45) is 11.8 Å². The van der Waals surface area contributed by atoms with Crippen molar-refractivity contribution in [3.63, 3.8) is 0 Å². The molecule has 0 saturated heterocycles. The summed E-state index contributed by atoms with van der Waals surface area (Å²) in [4.78, 5) is 54.8. The number of ether oxygens (including phenoxy) is 1. The minimum Gasteiger partial charge on any atom is -0.459 e. The molecule has 3 aromatic carbocycles. The van der Waals surface area contributed by atoms with Gasteiger partial charge in [0.15, 0.2) is 5.66 Å². The molecule has 0 spiro atoms. The van der Waals surface area contributed by atoms with E-state index in [9.17, 15) is 19.2 Å². The summed E-state index contributed by atoms with van der Waals surface area (Å²) >= 11 is 0. The quantitative estimate of drug-likeness (QED) is 0.0608. The molecule has 2 atom stereocenters. The average Bonchev–Trinajstić information content (AvgIpc) is 3.08. The van der Waals surface area contributed by atoms with E-state index in [-0.39, 0.29) is 49.5 Å². The number of esters is 1. The predicted molar refractivity (Wildman–Crippen MR) is 196 cm³/mol. The minimum atomic E-state index is -1.75. The lowest BCUT2D eigenvalue weighted by molar-refractivity contribution is -0.152. The lowest BCUT2D eigenvalue weighted by Gasteiger charge is -2.37. The van der Waals surface area contributed by atoms with Gasteiger partial charge in [0.2, 0.25) is 11.8 Å². The molecule has 3 rings (SSSR count). The Morgan fingerprint density at radius 1 is 0.714 bits per heavy atom. The summed E-state index contributed by atoms with van der Waals surface area (Å²) in [6.45, 7) is 9.75. The minimum absolute atomic E-state index is 0.0655. The predicted octanol–water partition coefficient (Wildman–Crippen LogP) is 7.77. The Bertz CT molecular complexity index is 1480. The van der Waals surface area contributed by atoms with Crippen molar-refractivity contribution >= 4 is 34.5 Å². The number of carbonyl (C=O) groups excluding carboxylic acids is 4. The third-order valence-corrected chi connectivity index (χ3v) is 8.75. The molecule has 0 aliphatic rings. The molecular weight excluding hydrogens is 614 g/mol. The molecular formula is C41H57N3O5. The molecule has 0 bridgehead atoms. The fraction of sp³-hybridized carbons (Fsp3) is 0.512. The van der Waals surface area contributed by atoms with Crippen LogP contribution >= 0.6 is 0 Å². The Hall–Kier alpha value is -4.20. The Balaban J connectivity index is 1.80. The molecule has 0 aliphatic carbocycles. The highest BCUT2D eigenvalue weighted by Gasteiger charge is 2.44. The second-order valence-corrected chi connectivity index (χ2v) is 13.9. The standard InChI is InChI=1S/C41H57N3O5/c1-6-7-8-9-10-11-15-25-36(45)43-41(28-30(2)3,44-37(46)27-26-34-23-18-22-33-21-16-17-24-35(33)34)40(48)42-38(31(4)5)39(47)49-29-32-19-13-12-14-20-32/h12-14,16-24,30-31,38H,6-11,15,25-29H2,1-5H3,(H,42,48)(H,43,45)(H,44,46)/t38-,41-/m0/s1. The molecule has 0 fully saturated rings. The molecule has 0 heterocycles. The Morgan fingerprint density at radius 2 is 1.33 bits per heavy atom. The Labute approximate surface area is 293 Å². The summed E-state index contributed by atoms with van der Waals surface area (Å²) in [5.41, 5.74) is 0.0980. The topological polar surface area (TPSA) is 114 Å². The van der Waals surface area contributed by atoms with Gasteiger partial charge in [-0.15, -0.1) is 0 Å². The van der Waals surface area contributed by atoms with E-state index in [1.54, 1.807) is 0 Å². The van der Waals surface area contributed by atoms with E-state index in [4.69, 9.17) is 4.74 Å². The molecule has 8 heteroatoms. The van der Waals surface area contributed by atoms with Crippen molar-refractivity contribution in [3.8, 4) is 0 Å². The van der Waals surface area contributed by atoms with Gasteiger partial charge in [0, 0.05) is 19.3 Å². The van der Waals surface area contributed by atoms with E-state index in [0.717, 1.165) is 41.2 Å². The fourth-order valence-electron chi connectivity index (χ4n) is 6.13. The van der Waals surface area contributed by atoms with E-state index < -0.39 is 23.6 Å². The number of aryl methyl sites for hydroxylation is 1. The highest BCUT2D eigenvalue weighted by molar-refractivity contribution is 5.97. The number of rotatable bonds is 21. The highest BCUT2D eigenvalue weighted by Crippen LogP contribution is 2.22. The van der Waals surface area contributed by atoms with Crippen molar-refractivity contribution in [3.05, 3.63) is 83.9 Å². The largest absolute Gasteiger partial charge is 0.459 e. The number of hydrogen-bond acceptors (Lipinski definition) is 5. The number of nitrogens with one attached hydrogen (secondary N) is 3. The van der Waals surface area contributed by atoms with Crippen LogP contribution in [0.1, 0.15) is 110 Å². The SMILES string of the molecule is CCCCCCCCCC(=O)N[C@@](CC(C)C)(NC(=O)CCc1cccc2ccccc12)C(=O)N[C@H](C(=O)OCc1ccccc1)C(C)C. The van der Waals surface area contributed by atoms with E-state index in [1.165, 1.54) is 19.3 Å². The second kappa shape index (κ2) is 20.3. The van der Waals surface area contributed by atoms with Crippen LogP contribution in [0.3, 0.4) is 0 Å². The summed E-state index contributed by atoms with van der Waals surface area (Å²) in [5, 5.41) is 10.9. The molecule has 3 amide bonds. The zero-order valence-corrected chi connectivity index (χ0v) is 30.2. The van der Waals surface area contributed by atoms with Crippen molar-refractivity contribution in [1.29, 1.82) is 0 Å². The molecule has 3 aromatic rings. The second-order valence-electron chi connectivity index (χ2n) is 13.9. The van der Waals surface area contributed by atoms with Crippen molar-refractivity contribution in [2.45, 2.75) is 124 Å². The van der Waals surface area contributed by atoms with E-state index in [1.807, 2.05) is 100 Å². The van der Waals surface area contributed by atoms with Gasteiger partial charge < -0.3 is 20.7 Å². The first-order valence-electron chi connectivity index (χ1n) is 18.1. The zero-order chi connectivity index (χ0) is 35.6. The van der Waals surface area contributed by atoms with Gasteiger partial charge in [-0.05, 0) is 46.6 Å². The van der Waals surface area contributed by atoms with Gasteiger partial charge in [0.25, 0.3) is 5.91 Å². The smallest absolute Gasteiger partial charge is 0.329 e. The summed E-state index contributed by atoms with van der Waals surface area (Å²) in [7, 11) is 0. The third kappa shape index (κ3) is 13.0. The summed E-state index contributed by atoms with van der Waals surface area (Å²) in [6.07, 6.45) is 8.33. The van der Waals surface area contributed by atoms with Crippen LogP contribution in [0.15, 0.2) is 72.8 Å². The van der Waals surface area contributed by atoms with Crippen molar-refractivity contribution in [2.75, 3.05) is 0 Å². The van der Waals surface area contributed by atoms with Crippen molar-refractivity contribution < 1.29 is 23.9 Å². The number of carbonyl (C=O) groups is 4. The first kappa shape index (κ1) is 39.2. The maximum Gasteiger partial charge on any atom is 0.329 e. The van der Waals surface area contributed by atoms with E-state index >= 15 is 0 Å². The van der Waals surface area contributed by atoms with E-state index in [0.29, 0.717) is 12.8 Å². The molecule has 8 nitrogen and oxygen atoms in total. The molecule has 0 radical (unpaired) electrons. The van der Waals surface area contributed by atoms with Crippen LogP contribution in [0.25, 0.3) is 10.8 Å². The molecule has 266 valence electrons. The van der Waals surface area contributed by atoms with Gasteiger partial charge in [0.1, 0.15) is 12.6 Å². The van der Waals surface area contributed by atoms with Gasteiger partial charge in [-0.1, -0.05) is 146 Å². The molecule has 0 aliphatic heterocycles. The summed E-state index contributed by atoms with van der Waals surface area (Å²) in [6, 6.07) is 22.4. The van der Waals surface area contributed by atoms with Gasteiger partial charge in [-0.25, -0.2) is 4.79 Å². The van der Waals surface area contributed by atoms with Gasteiger partial charge in [0.05, 0.1) is 0 Å². The molecule has 3 N–H and O–H groups in total. The normalized spacial score (nSPS) is 13.1. The fourth-order valence-corrected chi connectivity index (χ4v) is 6.13. The van der Waals surface area contributed by atoms with Gasteiger partial charge >= 0.3 is 5.97 Å². The first-order valence-corrected chi connectivity index (χ1v) is 18.1.